The minimum absolute atomic E-state index is 0.0874. The molecule has 4 atom stereocenters. The van der Waals surface area contributed by atoms with Gasteiger partial charge in [-0.2, -0.15) is 95.8 Å². The number of thioether (sulfide) groups is 6. The molecule has 4 unspecified atom stereocenters. The van der Waals surface area contributed by atoms with Gasteiger partial charge in [-0.15, -0.1) is 0 Å². The quantitative estimate of drug-likeness (QED) is 0.0340. The fourth-order valence-corrected chi connectivity index (χ4v) is 12.7. The van der Waals surface area contributed by atoms with Gasteiger partial charge in [0.05, 0.1) is 33.8 Å². The smallest absolute Gasteiger partial charge is 0.330 e. The van der Waals surface area contributed by atoms with E-state index in [4.69, 9.17) is 10.6 Å². The number of carbonyl (C=O) groups excluding carboxylic acids is 3. The van der Waals surface area contributed by atoms with Crippen LogP contribution >= 0.6 is 108 Å². The lowest BCUT2D eigenvalue weighted by Crippen LogP contribution is -2.25. The molecule has 45 heavy (non-hydrogen) atoms. The summed E-state index contributed by atoms with van der Waals surface area (Å²) in [6.07, 6.45) is 2.18. The summed E-state index contributed by atoms with van der Waals surface area (Å²) in [4.78, 5) is 32.6. The fraction of sp³-hybridized carbons (Fsp3) is 0.828. The van der Waals surface area contributed by atoms with Gasteiger partial charge in [-0.25, -0.2) is 17.2 Å². The first-order chi connectivity index (χ1) is 22.1. The number of thiol groups is 3. The van der Waals surface area contributed by atoms with Crippen molar-refractivity contribution in [3.05, 3.63) is 12.7 Å². The van der Waals surface area contributed by atoms with Gasteiger partial charge in [-0.05, 0) is 20.8 Å². The van der Waals surface area contributed by atoms with Gasteiger partial charge in [0.25, 0.3) is 0 Å². The topological polar surface area (TPSA) is 78.9 Å². The number of rotatable bonds is 17. The van der Waals surface area contributed by atoms with Gasteiger partial charge in [0.1, 0.15) is 0 Å². The van der Waals surface area contributed by atoms with E-state index in [1.54, 1.807) is 6.92 Å². The minimum Gasteiger partial charge on any atom is -0.466 e. The average molecular weight is 800 g/mol. The van der Waals surface area contributed by atoms with Crippen LogP contribution < -0.4 is 0 Å². The first-order valence-corrected chi connectivity index (χ1v) is 23.4. The Bertz CT molecular complexity index is 715. The van der Waals surface area contributed by atoms with E-state index in [-0.39, 0.29) is 17.9 Å². The van der Waals surface area contributed by atoms with Crippen LogP contribution in [0.3, 0.4) is 0 Å². The molecule has 16 heteroatoms. The first kappa shape index (κ1) is 46.4. The molecule has 6 nitrogen and oxygen atoms in total. The summed E-state index contributed by atoms with van der Waals surface area (Å²) in [5, 5.41) is 2.93. The first-order valence-electron chi connectivity index (χ1n) is 15.6. The van der Waals surface area contributed by atoms with Crippen molar-refractivity contribution >= 4 is 132 Å². The summed E-state index contributed by atoms with van der Waals surface area (Å²) in [7, 11) is 0. The highest BCUT2D eigenvalue weighted by Gasteiger charge is 2.22. The van der Waals surface area contributed by atoms with Gasteiger partial charge in [0, 0.05) is 84.6 Å². The Balaban J connectivity index is 0. The molecule has 2 saturated heterocycles. The van der Waals surface area contributed by atoms with Crippen molar-refractivity contribution in [3.8, 4) is 0 Å². The highest BCUT2D eigenvalue weighted by Crippen LogP contribution is 2.33. The number of esters is 3. The lowest BCUT2D eigenvalue weighted by molar-refractivity contribution is -0.143. The van der Waals surface area contributed by atoms with Crippen LogP contribution in [-0.4, -0.2) is 123 Å². The normalized spacial score (nSPS) is 20.6. The van der Waals surface area contributed by atoms with E-state index in [0.717, 1.165) is 63.5 Å². The van der Waals surface area contributed by atoms with Crippen molar-refractivity contribution in [1.82, 2.24) is 0 Å². The van der Waals surface area contributed by atoms with Crippen LogP contribution in [0.5, 0.6) is 0 Å². The van der Waals surface area contributed by atoms with E-state index in [1.807, 2.05) is 74.5 Å². The van der Waals surface area contributed by atoms with E-state index < -0.39 is 0 Å². The highest BCUT2D eigenvalue weighted by molar-refractivity contribution is 8.10. The zero-order chi connectivity index (χ0) is 35.0. The van der Waals surface area contributed by atoms with E-state index in [1.165, 1.54) is 23.0 Å². The van der Waals surface area contributed by atoms with Crippen LogP contribution in [0.2, 0.25) is 13.6 Å². The molecule has 2 aliphatic rings. The molecule has 2 fully saturated rings. The van der Waals surface area contributed by atoms with Gasteiger partial charge in [-0.1, -0.05) is 20.2 Å². The second-order valence-corrected chi connectivity index (χ2v) is 18.8. The molecule has 2 aliphatic heterocycles. The predicted molar refractivity (Wildman–Crippen MR) is 223 cm³/mol. The van der Waals surface area contributed by atoms with Gasteiger partial charge >= 0.3 is 17.9 Å². The van der Waals surface area contributed by atoms with Crippen molar-refractivity contribution in [3.63, 3.8) is 0 Å². The third-order valence-corrected chi connectivity index (χ3v) is 15.6. The number of hydrogen-bond acceptors (Lipinski definition) is 15. The molecule has 0 radical (unpaired) electrons. The Labute approximate surface area is 317 Å². The zero-order valence-electron chi connectivity index (χ0n) is 28.5. The van der Waals surface area contributed by atoms with Crippen molar-refractivity contribution in [1.29, 1.82) is 1.12 Å². The van der Waals surface area contributed by atoms with Crippen molar-refractivity contribution in [2.45, 2.75) is 68.3 Å². The maximum atomic E-state index is 11.3. The molecule has 2 heterocycles. The average Bonchev–Trinajstić information content (AvgIpc) is 3.07. The molecular formula is C29H55BO6S9. The van der Waals surface area contributed by atoms with Crippen LogP contribution in [-0.2, 0) is 28.6 Å². The second kappa shape index (κ2) is 35.2. The molecule has 0 saturated carbocycles. The van der Waals surface area contributed by atoms with Crippen LogP contribution in [0.4, 0.5) is 0 Å². The molecule has 0 amide bonds. The summed E-state index contributed by atoms with van der Waals surface area (Å²) in [6, 6.07) is 0. The van der Waals surface area contributed by atoms with E-state index in [9.17, 15) is 14.4 Å². The van der Waals surface area contributed by atoms with Gasteiger partial charge < -0.3 is 14.2 Å². The van der Waals surface area contributed by atoms with Crippen molar-refractivity contribution < 1.29 is 28.6 Å². The minimum atomic E-state index is -0.359. The molecule has 0 bridgehead atoms. The molecule has 0 N–H and O–H groups in total. The molecular weight excluding hydrogens is 744 g/mol. The molecule has 0 aliphatic carbocycles. The third kappa shape index (κ3) is 33.6. The Morgan fingerprint density at radius 3 is 1.38 bits per heavy atom. The standard InChI is InChI=1S/C16H28O4S4.C6H12S4.C5H8O2.C2H7BS/c1-3-19-15(17)5-7-21-9-13-11-24-14(12-23-13)10-22-8-6-16(18)20-4-2;7-1-5-3-10-6(2-8)4-9-5;1-3-5(6)7-4-2;1-3(2)4/h13-14H,3-12H2,1-2H3;5-8H,1-4H2;3H,1,4H2,2H3;4H,1-2H3/i;;;4D. The third-order valence-electron chi connectivity index (χ3n) is 5.05. The van der Waals surface area contributed by atoms with Crippen LogP contribution in [0.1, 0.15) is 33.6 Å². The summed E-state index contributed by atoms with van der Waals surface area (Å²) in [5.74, 6) is 10.8. The van der Waals surface area contributed by atoms with E-state index >= 15 is 0 Å². The van der Waals surface area contributed by atoms with Gasteiger partial charge in [-0.3, -0.25) is 9.59 Å². The lowest BCUT2D eigenvalue weighted by atomic mass is 9.84. The molecule has 0 aromatic heterocycles. The summed E-state index contributed by atoms with van der Waals surface area (Å²) >= 11 is 21.6. The Morgan fingerprint density at radius 2 is 1.13 bits per heavy atom. The van der Waals surface area contributed by atoms with E-state index in [2.05, 4.69) is 60.1 Å². The lowest BCUT2D eigenvalue weighted by Gasteiger charge is -2.27. The van der Waals surface area contributed by atoms with Crippen LogP contribution in [0.25, 0.3) is 0 Å². The maximum Gasteiger partial charge on any atom is 0.330 e. The molecule has 0 aromatic carbocycles. The Morgan fingerprint density at radius 1 is 0.778 bits per heavy atom. The second-order valence-electron chi connectivity index (χ2n) is 9.45. The number of carbonyl (C=O) groups is 3. The Kier molecular flexibility index (Phi) is 36.3. The predicted octanol–water partition coefficient (Wildman–Crippen LogP) is 7.54. The monoisotopic (exact) mass is 799 g/mol. The molecule has 2 rings (SSSR count). The number of ether oxygens (including phenoxy) is 3. The zero-order valence-corrected chi connectivity index (χ0v) is 35.0. The van der Waals surface area contributed by atoms with Crippen molar-refractivity contribution in [2.24, 2.45) is 0 Å². The maximum absolute atomic E-state index is 11.3. The van der Waals surface area contributed by atoms with Crippen LogP contribution in [0, 0.1) is 0 Å². The molecule has 0 spiro atoms. The Hall–Kier alpha value is 1.36. The summed E-state index contributed by atoms with van der Waals surface area (Å²) in [5.41, 5.74) is 0. The highest BCUT2D eigenvalue weighted by atomic mass is 32.2. The van der Waals surface area contributed by atoms with Gasteiger partial charge in [0.15, 0.2) is 5.99 Å². The van der Waals surface area contributed by atoms with Crippen molar-refractivity contribution in [2.75, 3.05) is 77.3 Å². The van der Waals surface area contributed by atoms with Gasteiger partial charge in [0.2, 0.25) is 0 Å². The largest absolute Gasteiger partial charge is 0.466 e. The molecule has 0 aromatic rings. The van der Waals surface area contributed by atoms with Crippen LogP contribution in [0.15, 0.2) is 12.7 Å². The molecule has 264 valence electrons. The summed E-state index contributed by atoms with van der Waals surface area (Å²) in [6.45, 7) is 14.0. The van der Waals surface area contributed by atoms with E-state index in [0.29, 0.717) is 49.2 Å². The summed E-state index contributed by atoms with van der Waals surface area (Å²) < 4.78 is 20.9. The fourth-order valence-electron chi connectivity index (χ4n) is 2.98. The SMILES string of the molecule is C=CC(=O)OCC.CCOC(=O)CCSCC1CSC(CSCCC(=O)OCC)CS1.SCC1CSC(CS)CS1.[2H]SB(C)C. The number of hydrogen-bond donors (Lipinski definition) is 3.